The van der Waals surface area contributed by atoms with Gasteiger partial charge in [-0.2, -0.15) is 0 Å². The van der Waals surface area contributed by atoms with Gasteiger partial charge < -0.3 is 16.0 Å². The van der Waals surface area contributed by atoms with Crippen LogP contribution in [0.2, 0.25) is 0 Å². The maximum atomic E-state index is 11.8. The van der Waals surface area contributed by atoms with E-state index in [1.807, 2.05) is 30.3 Å². The standard InChI is InChI=1S/C19H22N4O4/c24-18(10-11-21-19(25)14-15-4-2-1-3-5-15)22-13-12-20-16-6-8-17(9-7-16)23(26)27/h1-9,20H,10-14H2,(H,21,25)(H,22,24). The Hall–Kier alpha value is -3.42. The molecule has 3 N–H and O–H groups in total. The Bertz CT molecular complexity index is 763. The minimum absolute atomic E-state index is 0.0307. The van der Waals surface area contributed by atoms with Crippen LogP contribution in [0.5, 0.6) is 0 Å². The Balaban J connectivity index is 1.55. The van der Waals surface area contributed by atoms with Crippen molar-refractivity contribution < 1.29 is 14.5 Å². The molecule has 2 amide bonds. The summed E-state index contributed by atoms with van der Waals surface area (Å²) in [5.41, 5.74) is 1.70. The zero-order valence-corrected chi connectivity index (χ0v) is 14.8. The van der Waals surface area contributed by atoms with Crippen molar-refractivity contribution in [2.75, 3.05) is 25.0 Å². The Labute approximate surface area is 157 Å². The minimum Gasteiger partial charge on any atom is -0.383 e. The van der Waals surface area contributed by atoms with Crippen LogP contribution >= 0.6 is 0 Å². The van der Waals surface area contributed by atoms with Gasteiger partial charge in [-0.05, 0) is 17.7 Å². The molecule has 0 saturated heterocycles. The number of nitrogens with zero attached hydrogens (tertiary/aromatic N) is 1. The summed E-state index contributed by atoms with van der Waals surface area (Å²) in [5, 5.41) is 19.1. The van der Waals surface area contributed by atoms with Gasteiger partial charge in [0, 0.05) is 43.9 Å². The molecule has 0 bridgehead atoms. The largest absolute Gasteiger partial charge is 0.383 e. The van der Waals surface area contributed by atoms with Crippen LogP contribution in [-0.4, -0.2) is 36.4 Å². The minimum atomic E-state index is -0.456. The first kappa shape index (κ1) is 19.9. The van der Waals surface area contributed by atoms with Crippen molar-refractivity contribution in [1.29, 1.82) is 0 Å². The zero-order valence-electron chi connectivity index (χ0n) is 14.8. The first-order valence-electron chi connectivity index (χ1n) is 8.60. The summed E-state index contributed by atoms with van der Waals surface area (Å²) in [6, 6.07) is 15.5. The molecule has 0 spiro atoms. The Kier molecular flexibility index (Phi) is 7.77. The predicted molar refractivity (Wildman–Crippen MR) is 102 cm³/mol. The van der Waals surface area contributed by atoms with E-state index in [1.165, 1.54) is 12.1 Å². The fourth-order valence-corrected chi connectivity index (χ4v) is 2.36. The number of hydrogen-bond acceptors (Lipinski definition) is 5. The second-order valence-electron chi connectivity index (χ2n) is 5.84. The SMILES string of the molecule is O=C(CCNC(=O)Cc1ccccc1)NCCNc1ccc([N+](=O)[O-])cc1. The molecule has 142 valence electrons. The summed E-state index contributed by atoms with van der Waals surface area (Å²) in [5.74, 6) is -0.269. The second-order valence-corrected chi connectivity index (χ2v) is 5.84. The van der Waals surface area contributed by atoms with Crippen molar-refractivity contribution in [2.45, 2.75) is 12.8 Å². The number of carbonyl (C=O) groups is 2. The maximum Gasteiger partial charge on any atom is 0.269 e. The quantitative estimate of drug-likeness (QED) is 0.336. The molecular formula is C19H22N4O4. The van der Waals surface area contributed by atoms with Crippen LogP contribution in [0.3, 0.4) is 0 Å². The summed E-state index contributed by atoms with van der Waals surface area (Å²) < 4.78 is 0. The van der Waals surface area contributed by atoms with Crippen LogP contribution in [0.15, 0.2) is 54.6 Å². The maximum absolute atomic E-state index is 11.8. The molecule has 0 aliphatic heterocycles. The van der Waals surface area contributed by atoms with Crippen molar-refractivity contribution >= 4 is 23.2 Å². The number of hydrogen-bond donors (Lipinski definition) is 3. The summed E-state index contributed by atoms with van der Waals surface area (Å²) in [6.45, 7) is 1.19. The van der Waals surface area contributed by atoms with E-state index in [9.17, 15) is 19.7 Å². The van der Waals surface area contributed by atoms with Crippen molar-refractivity contribution in [3.05, 3.63) is 70.3 Å². The van der Waals surface area contributed by atoms with Crippen LogP contribution in [0.25, 0.3) is 0 Å². The molecule has 0 aromatic heterocycles. The van der Waals surface area contributed by atoms with Crippen LogP contribution < -0.4 is 16.0 Å². The monoisotopic (exact) mass is 370 g/mol. The molecule has 8 heteroatoms. The fraction of sp³-hybridized carbons (Fsp3) is 0.263. The molecule has 0 aliphatic rings. The summed E-state index contributed by atoms with van der Waals surface area (Å²) in [7, 11) is 0. The molecule has 0 saturated carbocycles. The number of carbonyl (C=O) groups excluding carboxylic acids is 2. The Morgan fingerprint density at radius 3 is 2.19 bits per heavy atom. The Morgan fingerprint density at radius 1 is 0.852 bits per heavy atom. The van der Waals surface area contributed by atoms with Crippen molar-refractivity contribution in [3.8, 4) is 0 Å². The molecule has 0 aliphatic carbocycles. The van der Waals surface area contributed by atoms with E-state index in [0.717, 1.165) is 11.3 Å². The van der Waals surface area contributed by atoms with Gasteiger partial charge in [0.1, 0.15) is 0 Å². The number of benzene rings is 2. The number of non-ortho nitro benzene ring substituents is 1. The molecule has 0 atom stereocenters. The molecule has 0 radical (unpaired) electrons. The smallest absolute Gasteiger partial charge is 0.269 e. The third-order valence-corrected chi connectivity index (χ3v) is 3.74. The third kappa shape index (κ3) is 7.55. The zero-order chi connectivity index (χ0) is 19.5. The lowest BCUT2D eigenvalue weighted by Crippen LogP contribution is -2.33. The van der Waals surface area contributed by atoms with Gasteiger partial charge in [0.05, 0.1) is 11.3 Å². The number of anilines is 1. The van der Waals surface area contributed by atoms with Crippen molar-refractivity contribution in [3.63, 3.8) is 0 Å². The van der Waals surface area contributed by atoms with E-state index in [0.29, 0.717) is 19.5 Å². The molecular weight excluding hydrogens is 348 g/mol. The van der Waals surface area contributed by atoms with Gasteiger partial charge >= 0.3 is 0 Å². The highest BCUT2D eigenvalue weighted by atomic mass is 16.6. The van der Waals surface area contributed by atoms with Gasteiger partial charge in [0.2, 0.25) is 11.8 Å². The Morgan fingerprint density at radius 2 is 1.52 bits per heavy atom. The highest BCUT2D eigenvalue weighted by Crippen LogP contribution is 2.14. The van der Waals surface area contributed by atoms with Crippen LogP contribution in [-0.2, 0) is 16.0 Å². The first-order valence-corrected chi connectivity index (χ1v) is 8.60. The van der Waals surface area contributed by atoms with Crippen LogP contribution in [0, 0.1) is 10.1 Å². The van der Waals surface area contributed by atoms with Gasteiger partial charge in [-0.3, -0.25) is 19.7 Å². The van der Waals surface area contributed by atoms with E-state index in [4.69, 9.17) is 0 Å². The van der Waals surface area contributed by atoms with E-state index in [2.05, 4.69) is 16.0 Å². The molecule has 0 unspecified atom stereocenters. The first-order chi connectivity index (χ1) is 13.0. The second kappa shape index (κ2) is 10.5. The molecule has 0 fully saturated rings. The molecule has 8 nitrogen and oxygen atoms in total. The molecule has 2 rings (SSSR count). The lowest BCUT2D eigenvalue weighted by molar-refractivity contribution is -0.384. The molecule has 2 aromatic carbocycles. The lowest BCUT2D eigenvalue weighted by Gasteiger charge is -2.09. The van der Waals surface area contributed by atoms with Crippen molar-refractivity contribution in [2.24, 2.45) is 0 Å². The van der Waals surface area contributed by atoms with Gasteiger partial charge in [-0.25, -0.2) is 0 Å². The topological polar surface area (TPSA) is 113 Å². The van der Waals surface area contributed by atoms with E-state index in [1.54, 1.807) is 12.1 Å². The molecule has 27 heavy (non-hydrogen) atoms. The predicted octanol–water partition coefficient (Wildman–Crippen LogP) is 1.87. The number of nitro benzene ring substituents is 1. The highest BCUT2D eigenvalue weighted by molar-refractivity contribution is 5.80. The number of amides is 2. The normalized spacial score (nSPS) is 10.1. The highest BCUT2D eigenvalue weighted by Gasteiger charge is 2.06. The number of rotatable bonds is 10. The molecule has 0 heterocycles. The van der Waals surface area contributed by atoms with Gasteiger partial charge in [-0.15, -0.1) is 0 Å². The number of nitrogens with one attached hydrogen (secondary N) is 3. The van der Waals surface area contributed by atoms with Crippen LogP contribution in [0.4, 0.5) is 11.4 Å². The summed E-state index contributed by atoms with van der Waals surface area (Å²) in [6.07, 6.45) is 0.500. The average molecular weight is 370 g/mol. The van der Waals surface area contributed by atoms with E-state index >= 15 is 0 Å². The van der Waals surface area contributed by atoms with Gasteiger partial charge in [0.15, 0.2) is 0 Å². The van der Waals surface area contributed by atoms with Crippen molar-refractivity contribution in [1.82, 2.24) is 10.6 Å². The lowest BCUT2D eigenvalue weighted by atomic mass is 10.1. The van der Waals surface area contributed by atoms with Gasteiger partial charge in [0.25, 0.3) is 5.69 Å². The van der Waals surface area contributed by atoms with Crippen LogP contribution in [0.1, 0.15) is 12.0 Å². The number of nitro groups is 1. The fourth-order valence-electron chi connectivity index (χ4n) is 2.36. The van der Waals surface area contributed by atoms with Gasteiger partial charge in [-0.1, -0.05) is 30.3 Å². The average Bonchev–Trinajstić information content (AvgIpc) is 2.66. The molecule has 2 aromatic rings. The van der Waals surface area contributed by atoms with E-state index in [-0.39, 0.29) is 30.5 Å². The van der Waals surface area contributed by atoms with E-state index < -0.39 is 4.92 Å². The third-order valence-electron chi connectivity index (χ3n) is 3.74. The summed E-state index contributed by atoms with van der Waals surface area (Å²) in [4.78, 5) is 33.7. The summed E-state index contributed by atoms with van der Waals surface area (Å²) >= 11 is 0.